The molecule has 0 fully saturated rings. The average molecular weight is 449 g/mol. The van der Waals surface area contributed by atoms with Gasteiger partial charge in [0, 0.05) is 5.92 Å². The molecular weight excluding hydrogens is 424 g/mol. The third kappa shape index (κ3) is 4.60. The van der Waals surface area contributed by atoms with Crippen molar-refractivity contribution in [2.45, 2.75) is 27.4 Å². The number of ether oxygens (including phenoxy) is 2. The fourth-order valence-corrected chi connectivity index (χ4v) is 4.04. The maximum Gasteiger partial charge on any atom is 0.283 e. The van der Waals surface area contributed by atoms with Crippen LogP contribution in [-0.4, -0.2) is 33.6 Å². The first kappa shape index (κ1) is 21.8. The molecule has 1 amide bonds. The molecule has 2 heterocycles. The van der Waals surface area contributed by atoms with Crippen molar-refractivity contribution in [3.8, 4) is 11.5 Å². The Morgan fingerprint density at radius 2 is 1.91 bits per heavy atom. The first-order valence-electron chi connectivity index (χ1n) is 10.4. The van der Waals surface area contributed by atoms with Crippen molar-refractivity contribution in [1.82, 2.24) is 5.01 Å². The summed E-state index contributed by atoms with van der Waals surface area (Å²) in [4.78, 5) is 16.8. The zero-order valence-electron chi connectivity index (χ0n) is 18.2. The quantitative estimate of drug-likeness (QED) is 0.606. The van der Waals surface area contributed by atoms with E-state index in [0.717, 1.165) is 10.6 Å². The Morgan fingerprint density at radius 1 is 1.12 bits per heavy atom. The Labute approximate surface area is 191 Å². The molecule has 4 rings (SSSR count). The van der Waals surface area contributed by atoms with E-state index in [2.05, 4.69) is 10.1 Å². The molecule has 2 aromatic carbocycles. The van der Waals surface area contributed by atoms with Gasteiger partial charge in [0.05, 0.1) is 12.2 Å². The lowest BCUT2D eigenvalue weighted by Crippen LogP contribution is -2.35. The predicted octanol–water partition coefficient (Wildman–Crippen LogP) is 4.94. The lowest BCUT2D eigenvalue weighted by Gasteiger charge is -2.20. The number of thioether (sulfide) groups is 1. The molecule has 0 saturated carbocycles. The number of benzene rings is 2. The summed E-state index contributed by atoms with van der Waals surface area (Å²) in [6, 6.07) is 15.3. The molecule has 8 heteroatoms. The van der Waals surface area contributed by atoms with Crippen LogP contribution in [0, 0.1) is 11.3 Å². The van der Waals surface area contributed by atoms with Crippen LogP contribution in [0.4, 0.5) is 0 Å². The second-order valence-corrected chi connectivity index (χ2v) is 8.51. The smallest absolute Gasteiger partial charge is 0.283 e. The molecule has 0 aromatic heterocycles. The Morgan fingerprint density at radius 3 is 2.62 bits per heavy atom. The van der Waals surface area contributed by atoms with Crippen LogP contribution in [0.5, 0.6) is 11.5 Å². The zero-order chi connectivity index (χ0) is 22.7. The van der Waals surface area contributed by atoms with Gasteiger partial charge >= 0.3 is 0 Å². The molecule has 7 nitrogen and oxygen atoms in total. The minimum atomic E-state index is -0.448. The summed E-state index contributed by atoms with van der Waals surface area (Å²) in [6.45, 7) is 6.83. The molecule has 0 atom stereocenters. The van der Waals surface area contributed by atoms with E-state index in [1.165, 1.54) is 16.8 Å². The van der Waals surface area contributed by atoms with E-state index in [9.17, 15) is 4.79 Å². The second-order valence-electron chi connectivity index (χ2n) is 7.53. The van der Waals surface area contributed by atoms with Crippen LogP contribution in [0.3, 0.4) is 0 Å². The van der Waals surface area contributed by atoms with Gasteiger partial charge in [0.2, 0.25) is 5.17 Å². The molecule has 1 N–H and O–H groups in total. The number of amides is 1. The Balaban J connectivity index is 1.59. The molecular formula is C24H24N4O3S. The molecule has 0 bridgehead atoms. The van der Waals surface area contributed by atoms with Gasteiger partial charge in [0.1, 0.15) is 11.7 Å². The summed E-state index contributed by atoms with van der Waals surface area (Å²) in [6.07, 6.45) is 1.64. The van der Waals surface area contributed by atoms with Crippen LogP contribution in [0.2, 0.25) is 0 Å². The highest BCUT2D eigenvalue weighted by Crippen LogP contribution is 2.33. The number of carbonyl (C=O) groups is 1. The van der Waals surface area contributed by atoms with Gasteiger partial charge in [0.15, 0.2) is 17.3 Å². The van der Waals surface area contributed by atoms with Crippen LogP contribution < -0.4 is 9.47 Å². The second kappa shape index (κ2) is 9.40. The molecule has 0 unspecified atom stereocenters. The molecule has 0 spiro atoms. The number of fused-ring (bicyclic) bond motifs is 1. The molecule has 2 aliphatic rings. The minimum absolute atomic E-state index is 0.0190. The maximum absolute atomic E-state index is 12.6. The third-order valence-corrected chi connectivity index (χ3v) is 5.99. The van der Waals surface area contributed by atoms with Gasteiger partial charge in [-0.3, -0.25) is 10.2 Å². The normalized spacial score (nSPS) is 16.9. The van der Waals surface area contributed by atoms with Crippen molar-refractivity contribution in [3.05, 3.63) is 65.2 Å². The van der Waals surface area contributed by atoms with Gasteiger partial charge in [-0.25, -0.2) is 0 Å². The molecule has 2 aromatic rings. The van der Waals surface area contributed by atoms with Crippen molar-refractivity contribution in [1.29, 1.82) is 5.41 Å². The first-order chi connectivity index (χ1) is 15.5. The number of hydrogen-bond donors (Lipinski definition) is 1. The van der Waals surface area contributed by atoms with Crippen molar-refractivity contribution >= 4 is 39.8 Å². The van der Waals surface area contributed by atoms with Crippen molar-refractivity contribution in [2.24, 2.45) is 16.0 Å². The number of rotatable bonds is 7. The van der Waals surface area contributed by atoms with E-state index in [1.807, 2.05) is 63.2 Å². The van der Waals surface area contributed by atoms with E-state index >= 15 is 0 Å². The molecule has 32 heavy (non-hydrogen) atoms. The van der Waals surface area contributed by atoms with Crippen LogP contribution in [0.1, 0.15) is 31.9 Å². The first-order valence-corrected chi connectivity index (χ1v) is 11.2. The number of aliphatic imine (C=N–C) groups is 1. The lowest BCUT2D eigenvalue weighted by molar-refractivity contribution is -0.114. The summed E-state index contributed by atoms with van der Waals surface area (Å²) in [5.41, 5.74) is 1.96. The summed E-state index contributed by atoms with van der Waals surface area (Å²) in [5.74, 6) is 0.960. The van der Waals surface area contributed by atoms with Gasteiger partial charge in [-0.1, -0.05) is 50.2 Å². The highest BCUT2D eigenvalue weighted by molar-refractivity contribution is 8.27. The largest absolute Gasteiger partial charge is 0.490 e. The minimum Gasteiger partial charge on any atom is -0.490 e. The third-order valence-electron chi connectivity index (χ3n) is 4.78. The monoisotopic (exact) mass is 448 g/mol. The molecule has 164 valence electrons. The Hall–Kier alpha value is -3.39. The zero-order valence-corrected chi connectivity index (χ0v) is 19.0. The highest BCUT2D eigenvalue weighted by atomic mass is 32.2. The number of nitrogens with one attached hydrogen (secondary N) is 1. The fraction of sp³-hybridized carbons (Fsp3) is 0.250. The van der Waals surface area contributed by atoms with Gasteiger partial charge < -0.3 is 9.47 Å². The van der Waals surface area contributed by atoms with Crippen molar-refractivity contribution < 1.29 is 14.3 Å². The van der Waals surface area contributed by atoms with Crippen LogP contribution in [0.25, 0.3) is 6.08 Å². The number of nitrogens with zero attached hydrogens (tertiary/aromatic N) is 3. The van der Waals surface area contributed by atoms with E-state index in [0.29, 0.717) is 35.4 Å². The van der Waals surface area contributed by atoms with E-state index in [4.69, 9.17) is 14.9 Å². The molecule has 0 radical (unpaired) electrons. The van der Waals surface area contributed by atoms with Crippen LogP contribution in [0.15, 0.2) is 64.2 Å². The molecule has 0 saturated heterocycles. The molecule has 0 aliphatic carbocycles. The van der Waals surface area contributed by atoms with Gasteiger partial charge in [-0.15, -0.1) is 0 Å². The Kier molecular flexibility index (Phi) is 6.41. The number of hydrazone groups is 1. The van der Waals surface area contributed by atoms with Crippen LogP contribution >= 0.6 is 11.8 Å². The van der Waals surface area contributed by atoms with Crippen LogP contribution in [-0.2, 0) is 11.4 Å². The van der Waals surface area contributed by atoms with E-state index in [-0.39, 0.29) is 17.3 Å². The van der Waals surface area contributed by atoms with Crippen molar-refractivity contribution in [2.75, 3.05) is 6.61 Å². The maximum atomic E-state index is 12.6. The van der Waals surface area contributed by atoms with E-state index < -0.39 is 5.91 Å². The molecule has 2 aliphatic heterocycles. The average Bonchev–Trinajstić information content (AvgIpc) is 3.21. The summed E-state index contributed by atoms with van der Waals surface area (Å²) >= 11 is 1.33. The topological polar surface area (TPSA) is 87.3 Å². The standard InChI is InChI=1S/C24H24N4O3S/c1-4-30-20-13-17(10-11-19(20)31-14-16-8-6-5-7-9-16)12-18-21(25)28-24(26-22(18)29)32-23(27-28)15(2)3/h5-13,15,25H,4,14H2,1-3H3. The fourth-order valence-electron chi connectivity index (χ4n) is 3.14. The van der Waals surface area contributed by atoms with Gasteiger partial charge in [0.25, 0.3) is 5.91 Å². The number of carbonyl (C=O) groups excluding carboxylic acids is 1. The summed E-state index contributed by atoms with van der Waals surface area (Å²) < 4.78 is 11.7. The SMILES string of the molecule is CCOc1cc(C=C2C(=N)N3N=C(C(C)C)SC3=NC2=O)ccc1OCc1ccccc1. The van der Waals surface area contributed by atoms with Crippen molar-refractivity contribution in [3.63, 3.8) is 0 Å². The predicted molar refractivity (Wildman–Crippen MR) is 128 cm³/mol. The summed E-state index contributed by atoms with van der Waals surface area (Å²) in [5, 5.41) is 15.6. The van der Waals surface area contributed by atoms with Gasteiger partial charge in [-0.2, -0.15) is 15.1 Å². The highest BCUT2D eigenvalue weighted by Gasteiger charge is 2.36. The van der Waals surface area contributed by atoms with Gasteiger partial charge in [-0.05, 0) is 48.0 Å². The lowest BCUT2D eigenvalue weighted by atomic mass is 10.1. The van der Waals surface area contributed by atoms with E-state index in [1.54, 1.807) is 12.1 Å². The Bertz CT molecular complexity index is 1140. The number of amidine groups is 2. The summed E-state index contributed by atoms with van der Waals surface area (Å²) in [7, 11) is 0. The number of hydrogen-bond acceptors (Lipinski definition) is 6.